The molecule has 1 aromatic carbocycles. The van der Waals surface area contributed by atoms with Crippen molar-refractivity contribution in [3.05, 3.63) is 47.1 Å². The van der Waals surface area contributed by atoms with Crippen LogP contribution in [0.4, 0.5) is 0 Å². The second kappa shape index (κ2) is 8.32. The van der Waals surface area contributed by atoms with Gasteiger partial charge in [0, 0.05) is 12.3 Å². The van der Waals surface area contributed by atoms with Crippen LogP contribution >= 0.6 is 11.3 Å². The first-order valence-electron chi connectivity index (χ1n) is 9.88. The highest BCUT2D eigenvalue weighted by atomic mass is 32.1. The van der Waals surface area contributed by atoms with Crippen LogP contribution in [0.1, 0.15) is 50.0 Å². The van der Waals surface area contributed by atoms with Gasteiger partial charge in [0.1, 0.15) is 16.3 Å². The third-order valence-electron chi connectivity index (χ3n) is 5.10. The Labute approximate surface area is 173 Å². The number of ether oxygens (including phenoxy) is 1. The number of amides is 1. The molecule has 8 heteroatoms. The van der Waals surface area contributed by atoms with E-state index in [1.54, 1.807) is 6.92 Å². The van der Waals surface area contributed by atoms with Gasteiger partial charge >= 0.3 is 0 Å². The Morgan fingerprint density at radius 1 is 1.28 bits per heavy atom. The van der Waals surface area contributed by atoms with Gasteiger partial charge in [-0.3, -0.25) is 4.79 Å². The molecule has 0 radical (unpaired) electrons. The maximum Gasteiger partial charge on any atom is 0.226 e. The molecule has 3 aromatic rings. The van der Waals surface area contributed by atoms with Crippen molar-refractivity contribution in [1.82, 2.24) is 20.4 Å². The first-order chi connectivity index (χ1) is 14.1. The summed E-state index contributed by atoms with van der Waals surface area (Å²) < 4.78 is 10.8. The van der Waals surface area contributed by atoms with Crippen molar-refractivity contribution in [3.8, 4) is 16.3 Å². The van der Waals surface area contributed by atoms with Gasteiger partial charge in [-0.1, -0.05) is 30.1 Å². The number of hydrogen-bond acceptors (Lipinski definition) is 7. The van der Waals surface area contributed by atoms with Gasteiger partial charge < -0.3 is 14.6 Å². The van der Waals surface area contributed by atoms with Crippen LogP contribution in [0.3, 0.4) is 0 Å². The Bertz CT molecular complexity index is 991. The topological polar surface area (TPSA) is 90.1 Å². The lowest BCUT2D eigenvalue weighted by Gasteiger charge is -2.26. The maximum absolute atomic E-state index is 12.8. The first-order valence-corrected chi connectivity index (χ1v) is 10.8. The molecule has 2 aromatic heterocycles. The molecule has 1 fully saturated rings. The largest absolute Gasteiger partial charge is 0.493 e. The number of aromatic nitrogens is 3. The molecule has 7 nitrogen and oxygen atoms in total. The van der Waals surface area contributed by atoms with Crippen LogP contribution in [0, 0.1) is 6.92 Å². The zero-order chi connectivity index (χ0) is 20.3. The van der Waals surface area contributed by atoms with Gasteiger partial charge in [0.15, 0.2) is 5.82 Å². The number of nitrogens with one attached hydrogen (secondary N) is 1. The Morgan fingerprint density at radius 3 is 2.79 bits per heavy atom. The second-order valence-corrected chi connectivity index (χ2v) is 8.08. The molecule has 1 aliphatic carbocycles. The fourth-order valence-electron chi connectivity index (χ4n) is 3.79. The number of benzene rings is 1. The first kappa shape index (κ1) is 19.6. The van der Waals surface area contributed by atoms with Gasteiger partial charge in [-0.05, 0) is 31.9 Å². The van der Waals surface area contributed by atoms with E-state index in [0.717, 1.165) is 47.7 Å². The van der Waals surface area contributed by atoms with Crippen LogP contribution in [0.15, 0.2) is 34.2 Å². The van der Waals surface area contributed by atoms with Crippen molar-refractivity contribution in [2.45, 2.75) is 51.5 Å². The molecule has 0 bridgehead atoms. The minimum Gasteiger partial charge on any atom is -0.493 e. The van der Waals surface area contributed by atoms with Crippen LogP contribution in [0.2, 0.25) is 0 Å². The van der Waals surface area contributed by atoms with Crippen LogP contribution < -0.4 is 10.1 Å². The van der Waals surface area contributed by atoms with E-state index in [2.05, 4.69) is 20.4 Å². The molecule has 4 rings (SSSR count). The highest BCUT2D eigenvalue weighted by molar-refractivity contribution is 7.13. The lowest BCUT2D eigenvalue weighted by molar-refractivity contribution is -0.122. The van der Waals surface area contributed by atoms with Crippen LogP contribution in [0.5, 0.6) is 5.75 Å². The Hall–Kier alpha value is -2.74. The molecule has 0 spiro atoms. The van der Waals surface area contributed by atoms with Crippen LogP contribution in [-0.4, -0.2) is 27.6 Å². The van der Waals surface area contributed by atoms with Gasteiger partial charge in [0.2, 0.25) is 11.8 Å². The highest BCUT2D eigenvalue weighted by Gasteiger charge is 2.41. The third-order valence-corrected chi connectivity index (χ3v) is 6.03. The van der Waals surface area contributed by atoms with E-state index in [1.165, 1.54) is 11.3 Å². The monoisotopic (exact) mass is 412 g/mol. The lowest BCUT2D eigenvalue weighted by Crippen LogP contribution is -2.45. The molecule has 0 aliphatic heterocycles. The Morgan fingerprint density at radius 2 is 2.07 bits per heavy atom. The normalized spacial score (nSPS) is 15.4. The number of hydrogen-bond donors (Lipinski definition) is 1. The predicted molar refractivity (Wildman–Crippen MR) is 110 cm³/mol. The smallest absolute Gasteiger partial charge is 0.226 e. The number of carbonyl (C=O) groups excluding carboxylic acids is 1. The van der Waals surface area contributed by atoms with Gasteiger partial charge in [-0.25, -0.2) is 4.98 Å². The standard InChI is InChI=1S/C21H24N4O3S/c1-3-27-17-9-5-4-8-16(17)19-23-15(13-29-19)12-18(26)24-21(10-6-7-11-21)20-22-14(2)28-25-20/h4-5,8-9,13H,3,6-7,10-12H2,1-2H3,(H,24,26). The van der Waals surface area contributed by atoms with Gasteiger partial charge in [0.05, 0.1) is 24.3 Å². The van der Waals surface area contributed by atoms with E-state index in [4.69, 9.17) is 9.26 Å². The number of thiazole rings is 1. The summed E-state index contributed by atoms with van der Waals surface area (Å²) in [6.45, 7) is 4.31. The molecule has 152 valence electrons. The highest BCUT2D eigenvalue weighted by Crippen LogP contribution is 2.37. The van der Waals surface area contributed by atoms with Crippen LogP contribution in [-0.2, 0) is 16.8 Å². The Balaban J connectivity index is 1.48. The van der Waals surface area contributed by atoms with E-state index in [0.29, 0.717) is 18.3 Å². The number of rotatable bonds is 7. The molecular weight excluding hydrogens is 388 g/mol. The average Bonchev–Trinajstić information content (AvgIpc) is 3.44. The number of para-hydroxylation sites is 1. The summed E-state index contributed by atoms with van der Waals surface area (Å²) in [4.78, 5) is 21.9. The van der Waals surface area contributed by atoms with E-state index in [9.17, 15) is 4.79 Å². The summed E-state index contributed by atoms with van der Waals surface area (Å²) in [7, 11) is 0. The van der Waals surface area contributed by atoms with Gasteiger partial charge in [-0.2, -0.15) is 4.98 Å². The van der Waals surface area contributed by atoms with Crippen molar-refractivity contribution in [2.24, 2.45) is 0 Å². The average molecular weight is 413 g/mol. The summed E-state index contributed by atoms with van der Waals surface area (Å²) in [6.07, 6.45) is 3.92. The van der Waals surface area contributed by atoms with Crippen molar-refractivity contribution >= 4 is 17.2 Å². The van der Waals surface area contributed by atoms with Gasteiger partial charge in [-0.15, -0.1) is 11.3 Å². The Kier molecular flexibility index (Phi) is 5.62. The quantitative estimate of drug-likeness (QED) is 0.630. The zero-order valence-electron chi connectivity index (χ0n) is 16.6. The summed E-state index contributed by atoms with van der Waals surface area (Å²) in [5, 5.41) is 10.0. The third kappa shape index (κ3) is 4.17. The van der Waals surface area contributed by atoms with E-state index in [1.807, 2.05) is 36.6 Å². The summed E-state index contributed by atoms with van der Waals surface area (Å²) in [6, 6.07) is 7.82. The minimum absolute atomic E-state index is 0.0794. The van der Waals surface area contributed by atoms with Crippen molar-refractivity contribution in [2.75, 3.05) is 6.61 Å². The summed E-state index contributed by atoms with van der Waals surface area (Å²) in [5.41, 5.74) is 1.15. The molecule has 2 heterocycles. The van der Waals surface area contributed by atoms with E-state index < -0.39 is 5.54 Å². The van der Waals surface area contributed by atoms with Crippen molar-refractivity contribution < 1.29 is 14.1 Å². The van der Waals surface area contributed by atoms with Crippen molar-refractivity contribution in [3.63, 3.8) is 0 Å². The van der Waals surface area contributed by atoms with Gasteiger partial charge in [0.25, 0.3) is 0 Å². The maximum atomic E-state index is 12.8. The molecule has 1 N–H and O–H groups in total. The lowest BCUT2D eigenvalue weighted by atomic mass is 9.96. The zero-order valence-corrected chi connectivity index (χ0v) is 17.4. The SMILES string of the molecule is CCOc1ccccc1-c1nc(CC(=O)NC2(c3noc(C)n3)CCCC2)cs1. The number of aryl methyl sites for hydroxylation is 1. The number of carbonyl (C=O) groups is 1. The molecule has 1 amide bonds. The second-order valence-electron chi connectivity index (χ2n) is 7.22. The molecule has 0 saturated heterocycles. The molecule has 29 heavy (non-hydrogen) atoms. The molecule has 0 atom stereocenters. The van der Waals surface area contributed by atoms with Crippen molar-refractivity contribution in [1.29, 1.82) is 0 Å². The summed E-state index contributed by atoms with van der Waals surface area (Å²) in [5.74, 6) is 1.81. The molecule has 1 aliphatic rings. The molecule has 0 unspecified atom stereocenters. The fourth-order valence-corrected chi connectivity index (χ4v) is 4.64. The molecule has 1 saturated carbocycles. The predicted octanol–water partition coefficient (Wildman–Crippen LogP) is 4.03. The minimum atomic E-state index is -0.532. The molecular formula is C21H24N4O3S. The fraction of sp³-hybridized carbons (Fsp3) is 0.429. The number of nitrogens with zero attached hydrogens (tertiary/aromatic N) is 3. The van der Waals surface area contributed by atoms with E-state index in [-0.39, 0.29) is 12.3 Å². The summed E-state index contributed by atoms with van der Waals surface area (Å²) >= 11 is 1.52. The van der Waals surface area contributed by atoms with Crippen LogP contribution in [0.25, 0.3) is 10.6 Å². The van der Waals surface area contributed by atoms with E-state index >= 15 is 0 Å².